The Morgan fingerprint density at radius 3 is 2.41 bits per heavy atom. The van der Waals surface area contributed by atoms with E-state index in [0.29, 0.717) is 22.5 Å². The van der Waals surface area contributed by atoms with Gasteiger partial charge in [-0.15, -0.1) is 0 Å². The fraction of sp³-hybridized carbons (Fsp3) is 0. The predicted octanol–water partition coefficient (Wildman–Crippen LogP) is 3.42. The van der Waals surface area contributed by atoms with E-state index < -0.39 is 23.4 Å². The predicted molar refractivity (Wildman–Crippen MR) is 75.6 cm³/mol. The lowest BCUT2D eigenvalue weighted by molar-refractivity contribution is 0.1000. The van der Waals surface area contributed by atoms with Crippen molar-refractivity contribution in [1.29, 1.82) is 0 Å². The molecule has 22 heavy (non-hydrogen) atoms. The first-order valence-corrected chi connectivity index (χ1v) is 6.31. The maximum Gasteiger partial charge on any atom is 0.250 e. The zero-order valence-corrected chi connectivity index (χ0v) is 11.1. The summed E-state index contributed by atoms with van der Waals surface area (Å²) in [5.74, 6) is -3.95. The van der Waals surface area contributed by atoms with Crippen LogP contribution >= 0.6 is 0 Å². The van der Waals surface area contributed by atoms with Gasteiger partial charge < -0.3 is 5.73 Å². The van der Waals surface area contributed by atoms with Crippen LogP contribution in [-0.4, -0.2) is 10.9 Å². The first-order chi connectivity index (χ1) is 10.5. The summed E-state index contributed by atoms with van der Waals surface area (Å²) in [4.78, 5) is 15.3. The van der Waals surface area contributed by atoms with E-state index in [1.54, 1.807) is 12.1 Å². The molecular formula is C16H9F3N2O. The number of hydrogen-bond donors (Lipinski definition) is 1. The van der Waals surface area contributed by atoms with Gasteiger partial charge in [0.1, 0.15) is 5.82 Å². The van der Waals surface area contributed by atoms with E-state index in [1.807, 2.05) is 0 Å². The van der Waals surface area contributed by atoms with Crippen molar-refractivity contribution < 1.29 is 18.0 Å². The summed E-state index contributed by atoms with van der Waals surface area (Å²) in [6.45, 7) is 0. The summed E-state index contributed by atoms with van der Waals surface area (Å²) in [6, 6.07) is 7.58. The van der Waals surface area contributed by atoms with Crippen LogP contribution in [0.1, 0.15) is 10.4 Å². The molecule has 0 aliphatic heterocycles. The largest absolute Gasteiger partial charge is 0.366 e. The summed E-state index contributed by atoms with van der Waals surface area (Å²) in [7, 11) is 0. The zero-order valence-electron chi connectivity index (χ0n) is 11.1. The van der Waals surface area contributed by atoms with E-state index in [2.05, 4.69) is 4.98 Å². The minimum atomic E-state index is -1.26. The van der Waals surface area contributed by atoms with Crippen molar-refractivity contribution in [3.05, 3.63) is 65.6 Å². The molecule has 3 rings (SSSR count). The van der Waals surface area contributed by atoms with Crippen molar-refractivity contribution in [1.82, 2.24) is 4.98 Å². The van der Waals surface area contributed by atoms with Gasteiger partial charge in [0, 0.05) is 28.8 Å². The molecule has 0 radical (unpaired) electrons. The molecule has 110 valence electrons. The lowest BCUT2D eigenvalue weighted by atomic mass is 10.0. The second kappa shape index (κ2) is 5.14. The van der Waals surface area contributed by atoms with Gasteiger partial charge >= 0.3 is 0 Å². The highest BCUT2D eigenvalue weighted by atomic mass is 19.2. The molecule has 1 amide bonds. The number of halogens is 3. The Kier molecular flexibility index (Phi) is 3.29. The number of carbonyl (C=O) groups excluding carboxylic acids is 1. The zero-order chi connectivity index (χ0) is 15.9. The molecule has 1 heterocycles. The molecule has 0 atom stereocenters. The number of primary amides is 1. The summed E-state index contributed by atoms with van der Waals surface area (Å²) in [6.07, 6.45) is 1.26. The Labute approximate surface area is 123 Å². The number of hydrogen-bond acceptors (Lipinski definition) is 2. The number of amides is 1. The highest BCUT2D eigenvalue weighted by molar-refractivity contribution is 5.99. The molecule has 0 bridgehead atoms. The molecule has 1 aromatic heterocycles. The third-order valence-corrected chi connectivity index (χ3v) is 3.30. The Bertz CT molecular complexity index is 909. The van der Waals surface area contributed by atoms with Crippen LogP contribution in [-0.2, 0) is 0 Å². The second-order valence-electron chi connectivity index (χ2n) is 4.71. The van der Waals surface area contributed by atoms with Gasteiger partial charge in [-0.3, -0.25) is 9.78 Å². The van der Waals surface area contributed by atoms with Crippen LogP contribution in [0.15, 0.2) is 42.6 Å². The first kappa shape index (κ1) is 14.1. The molecule has 3 nitrogen and oxygen atoms in total. The number of carbonyl (C=O) groups is 1. The van der Waals surface area contributed by atoms with Crippen LogP contribution in [0.2, 0.25) is 0 Å². The van der Waals surface area contributed by atoms with E-state index >= 15 is 0 Å². The molecule has 0 saturated heterocycles. The molecule has 0 fully saturated rings. The summed E-state index contributed by atoms with van der Waals surface area (Å²) in [5.41, 5.74) is 5.94. The van der Waals surface area contributed by atoms with Crippen LogP contribution in [0.5, 0.6) is 0 Å². The van der Waals surface area contributed by atoms with Crippen LogP contribution in [0.25, 0.3) is 22.0 Å². The molecule has 2 N–H and O–H groups in total. The van der Waals surface area contributed by atoms with Gasteiger partial charge in [-0.25, -0.2) is 13.2 Å². The van der Waals surface area contributed by atoms with E-state index in [1.165, 1.54) is 18.3 Å². The molecule has 0 aliphatic carbocycles. The minimum Gasteiger partial charge on any atom is -0.366 e. The SMILES string of the molecule is NC(=O)c1cnc2c(-c3cc(F)c(F)cc3F)cccc2c1. The van der Waals surface area contributed by atoms with Crippen LogP contribution in [0, 0.1) is 17.5 Å². The molecule has 0 saturated carbocycles. The van der Waals surface area contributed by atoms with Gasteiger partial charge in [-0.2, -0.15) is 0 Å². The average molecular weight is 302 g/mol. The van der Waals surface area contributed by atoms with Gasteiger partial charge in [-0.05, 0) is 12.1 Å². The smallest absolute Gasteiger partial charge is 0.250 e. The number of pyridine rings is 1. The van der Waals surface area contributed by atoms with Crippen molar-refractivity contribution in [2.45, 2.75) is 0 Å². The molecule has 0 unspecified atom stereocenters. The van der Waals surface area contributed by atoms with Crippen molar-refractivity contribution in [3.63, 3.8) is 0 Å². The van der Waals surface area contributed by atoms with Crippen molar-refractivity contribution >= 4 is 16.8 Å². The third kappa shape index (κ3) is 2.28. The molecule has 2 aromatic carbocycles. The summed E-state index contributed by atoms with van der Waals surface area (Å²) >= 11 is 0. The number of aromatic nitrogens is 1. The number of nitrogens with two attached hydrogens (primary N) is 1. The lowest BCUT2D eigenvalue weighted by Gasteiger charge is -2.08. The number of nitrogens with zero attached hydrogens (tertiary/aromatic N) is 1. The second-order valence-corrected chi connectivity index (χ2v) is 4.71. The Morgan fingerprint density at radius 1 is 0.955 bits per heavy atom. The Hall–Kier alpha value is -2.89. The van der Waals surface area contributed by atoms with E-state index in [4.69, 9.17) is 5.73 Å². The number of para-hydroxylation sites is 1. The van der Waals surface area contributed by atoms with Crippen molar-refractivity contribution in [2.24, 2.45) is 5.73 Å². The van der Waals surface area contributed by atoms with Gasteiger partial charge in [0.15, 0.2) is 11.6 Å². The highest BCUT2D eigenvalue weighted by Crippen LogP contribution is 2.30. The van der Waals surface area contributed by atoms with Gasteiger partial charge in [0.25, 0.3) is 0 Å². The number of benzene rings is 2. The van der Waals surface area contributed by atoms with Crippen LogP contribution in [0.3, 0.4) is 0 Å². The molecular weight excluding hydrogens is 293 g/mol. The molecule has 0 aliphatic rings. The maximum atomic E-state index is 13.9. The van der Waals surface area contributed by atoms with Gasteiger partial charge in [-0.1, -0.05) is 18.2 Å². The first-order valence-electron chi connectivity index (χ1n) is 6.31. The number of fused-ring (bicyclic) bond motifs is 1. The highest BCUT2D eigenvalue weighted by Gasteiger charge is 2.15. The third-order valence-electron chi connectivity index (χ3n) is 3.30. The van der Waals surface area contributed by atoms with E-state index in [0.717, 1.165) is 6.07 Å². The Morgan fingerprint density at radius 2 is 1.68 bits per heavy atom. The quantitative estimate of drug-likeness (QED) is 0.737. The average Bonchev–Trinajstić information content (AvgIpc) is 2.50. The van der Waals surface area contributed by atoms with Crippen LogP contribution in [0.4, 0.5) is 13.2 Å². The normalized spacial score (nSPS) is 10.9. The van der Waals surface area contributed by atoms with E-state index in [9.17, 15) is 18.0 Å². The Balaban J connectivity index is 2.28. The topological polar surface area (TPSA) is 56.0 Å². The molecule has 3 aromatic rings. The van der Waals surface area contributed by atoms with Gasteiger partial charge in [0.05, 0.1) is 11.1 Å². The van der Waals surface area contributed by atoms with Crippen molar-refractivity contribution in [3.8, 4) is 11.1 Å². The fourth-order valence-electron chi connectivity index (χ4n) is 2.24. The maximum absolute atomic E-state index is 13.9. The van der Waals surface area contributed by atoms with Crippen molar-refractivity contribution in [2.75, 3.05) is 0 Å². The summed E-state index contributed by atoms with van der Waals surface area (Å²) in [5, 5.41) is 0.540. The standard InChI is InChI=1S/C16H9F3N2O/c17-12-6-14(19)13(18)5-11(12)10-3-1-2-8-4-9(16(20)22)7-21-15(8)10/h1-7H,(H2,20,22). The van der Waals surface area contributed by atoms with Crippen LogP contribution < -0.4 is 5.73 Å². The monoisotopic (exact) mass is 302 g/mol. The van der Waals surface area contributed by atoms with E-state index in [-0.39, 0.29) is 11.1 Å². The number of rotatable bonds is 2. The van der Waals surface area contributed by atoms with Gasteiger partial charge in [0.2, 0.25) is 5.91 Å². The lowest BCUT2D eigenvalue weighted by Crippen LogP contribution is -2.11. The summed E-state index contributed by atoms with van der Waals surface area (Å²) < 4.78 is 40.4. The molecule has 6 heteroatoms. The fourth-order valence-corrected chi connectivity index (χ4v) is 2.24. The molecule has 0 spiro atoms. The minimum absolute atomic E-state index is 0.108.